The van der Waals surface area contributed by atoms with Gasteiger partial charge in [-0.15, -0.1) is 0 Å². The molecule has 0 amide bonds. The smallest absolute Gasteiger partial charge is 0.165 e. The Labute approximate surface area is 196 Å². The molecule has 0 aliphatic heterocycles. The predicted octanol–water partition coefficient (Wildman–Crippen LogP) is 7.04. The van der Waals surface area contributed by atoms with E-state index in [9.17, 15) is 4.79 Å². The first-order chi connectivity index (χ1) is 16.2. The van der Waals surface area contributed by atoms with Gasteiger partial charge in [-0.2, -0.15) is 0 Å². The summed E-state index contributed by atoms with van der Waals surface area (Å²) < 4.78 is 0. The van der Waals surface area contributed by atoms with Crippen molar-refractivity contribution in [1.29, 1.82) is 0 Å². The summed E-state index contributed by atoms with van der Waals surface area (Å²) in [5, 5.41) is 0. The van der Waals surface area contributed by atoms with Crippen LogP contribution in [0.4, 0.5) is 0 Å². The zero-order valence-electron chi connectivity index (χ0n) is 19.0. The Kier molecular flexibility index (Phi) is 9.04. The van der Waals surface area contributed by atoms with Crippen LogP contribution in [0.15, 0.2) is 119 Å². The number of carbonyl (C=O) groups is 1. The molecule has 0 spiro atoms. The largest absolute Gasteiger partial charge is 0.298 e. The summed E-state index contributed by atoms with van der Waals surface area (Å²) in [4.78, 5) is 19.7. The van der Waals surface area contributed by atoms with Crippen molar-refractivity contribution in [2.45, 2.75) is 20.0 Å². The van der Waals surface area contributed by atoms with Gasteiger partial charge in [0.15, 0.2) is 6.17 Å². The molecule has 4 rings (SSSR count). The Balaban J connectivity index is 0.000000257. The third-order valence-corrected chi connectivity index (χ3v) is 5.20. The minimum absolute atomic E-state index is 0.239. The Morgan fingerprint density at radius 1 is 0.606 bits per heavy atom. The number of hydrogen-bond acceptors (Lipinski definition) is 3. The minimum atomic E-state index is -0.239. The number of aldehydes is 1. The van der Waals surface area contributed by atoms with Crippen LogP contribution in [0.2, 0.25) is 0 Å². The first kappa shape index (κ1) is 23.6. The van der Waals surface area contributed by atoms with E-state index < -0.39 is 0 Å². The summed E-state index contributed by atoms with van der Waals surface area (Å²) in [7, 11) is 0. The van der Waals surface area contributed by atoms with Crippen molar-refractivity contribution in [3.05, 3.63) is 143 Å². The molecule has 0 radical (unpaired) electrons. The van der Waals surface area contributed by atoms with Crippen molar-refractivity contribution in [1.82, 2.24) is 0 Å². The van der Waals surface area contributed by atoms with Gasteiger partial charge in [0.25, 0.3) is 0 Å². The van der Waals surface area contributed by atoms with Gasteiger partial charge < -0.3 is 0 Å². The Morgan fingerprint density at radius 3 is 1.55 bits per heavy atom. The van der Waals surface area contributed by atoms with Crippen LogP contribution in [-0.2, 0) is 0 Å². The molecule has 0 aliphatic carbocycles. The topological polar surface area (TPSA) is 41.8 Å². The van der Waals surface area contributed by atoms with E-state index in [0.29, 0.717) is 0 Å². The molecule has 164 valence electrons. The molecule has 4 aromatic carbocycles. The number of benzene rings is 4. The Morgan fingerprint density at radius 2 is 1.09 bits per heavy atom. The van der Waals surface area contributed by atoms with Crippen LogP contribution in [0, 0.1) is 13.8 Å². The van der Waals surface area contributed by atoms with Crippen molar-refractivity contribution in [3.63, 3.8) is 0 Å². The first-order valence-electron chi connectivity index (χ1n) is 10.9. The van der Waals surface area contributed by atoms with Gasteiger partial charge in [0.1, 0.15) is 6.29 Å². The zero-order chi connectivity index (χ0) is 23.3. The van der Waals surface area contributed by atoms with E-state index in [2.05, 4.69) is 22.1 Å². The molecule has 3 heteroatoms. The lowest BCUT2D eigenvalue weighted by Crippen LogP contribution is -1.94. The summed E-state index contributed by atoms with van der Waals surface area (Å²) in [6, 6.07) is 36.0. The van der Waals surface area contributed by atoms with Crippen molar-refractivity contribution < 1.29 is 4.79 Å². The maximum absolute atomic E-state index is 10.4. The first-order valence-corrected chi connectivity index (χ1v) is 10.9. The van der Waals surface area contributed by atoms with Gasteiger partial charge in [-0.1, -0.05) is 109 Å². The number of aryl methyl sites for hydroxylation is 1. The summed E-state index contributed by atoms with van der Waals surface area (Å²) in [5.74, 6) is 0. The van der Waals surface area contributed by atoms with Crippen LogP contribution in [0.3, 0.4) is 0 Å². The molecule has 0 unspecified atom stereocenters. The van der Waals surface area contributed by atoms with E-state index in [4.69, 9.17) is 0 Å². The highest BCUT2D eigenvalue weighted by Gasteiger charge is 2.05. The van der Waals surface area contributed by atoms with Gasteiger partial charge >= 0.3 is 0 Å². The highest BCUT2D eigenvalue weighted by atomic mass is 16.1. The van der Waals surface area contributed by atoms with Crippen LogP contribution in [0.5, 0.6) is 0 Å². The average molecular weight is 433 g/mol. The molecule has 0 saturated heterocycles. The Hall–Kier alpha value is -4.11. The number of hydrogen-bond donors (Lipinski definition) is 0. The van der Waals surface area contributed by atoms with Crippen LogP contribution in [0.1, 0.15) is 44.3 Å². The average Bonchev–Trinajstić information content (AvgIpc) is 2.88. The summed E-state index contributed by atoms with van der Waals surface area (Å²) >= 11 is 0. The zero-order valence-corrected chi connectivity index (χ0v) is 19.0. The van der Waals surface area contributed by atoms with E-state index in [1.807, 2.05) is 123 Å². The maximum Gasteiger partial charge on any atom is 0.165 e. The molecule has 0 N–H and O–H groups in total. The quantitative estimate of drug-likeness (QED) is 0.238. The Bertz CT molecular complexity index is 1130. The lowest BCUT2D eigenvalue weighted by atomic mass is 10.1. The van der Waals surface area contributed by atoms with Gasteiger partial charge in [-0.05, 0) is 41.7 Å². The van der Waals surface area contributed by atoms with Crippen molar-refractivity contribution in [2.24, 2.45) is 9.98 Å². The fourth-order valence-corrected chi connectivity index (χ4v) is 3.13. The van der Waals surface area contributed by atoms with Crippen LogP contribution in [0.25, 0.3) is 0 Å². The molecule has 0 aromatic heterocycles. The molecule has 0 heterocycles. The van der Waals surface area contributed by atoms with Crippen LogP contribution in [-0.4, -0.2) is 18.7 Å². The number of rotatable bonds is 6. The van der Waals surface area contributed by atoms with E-state index >= 15 is 0 Å². The van der Waals surface area contributed by atoms with Crippen molar-refractivity contribution in [2.75, 3.05) is 0 Å². The summed E-state index contributed by atoms with van der Waals surface area (Å²) in [6.07, 6.45) is 4.40. The third-order valence-electron chi connectivity index (χ3n) is 5.20. The summed E-state index contributed by atoms with van der Waals surface area (Å²) in [5.41, 5.74) is 6.26. The van der Waals surface area contributed by atoms with Crippen LogP contribution >= 0.6 is 0 Å². The van der Waals surface area contributed by atoms with E-state index in [1.165, 1.54) is 5.56 Å². The molecule has 0 bridgehead atoms. The van der Waals surface area contributed by atoms with Gasteiger partial charge in [0.2, 0.25) is 0 Å². The maximum atomic E-state index is 10.4. The number of carbonyl (C=O) groups excluding carboxylic acids is 1. The molecule has 4 aromatic rings. The lowest BCUT2D eigenvalue weighted by molar-refractivity contribution is 0.112. The molecule has 0 saturated carbocycles. The third kappa shape index (κ3) is 7.51. The lowest BCUT2D eigenvalue weighted by Gasteiger charge is -2.07. The van der Waals surface area contributed by atoms with Crippen molar-refractivity contribution in [3.8, 4) is 0 Å². The second kappa shape index (κ2) is 12.7. The molecular formula is C30H28N2O. The second-order valence-corrected chi connectivity index (χ2v) is 7.57. The number of aliphatic imine (C=N–C) groups is 2. The fraction of sp³-hybridized carbons (Fsp3) is 0.100. The second-order valence-electron chi connectivity index (χ2n) is 7.57. The van der Waals surface area contributed by atoms with Crippen LogP contribution < -0.4 is 0 Å². The number of nitrogens with zero attached hydrogens (tertiary/aromatic N) is 2. The van der Waals surface area contributed by atoms with E-state index in [1.54, 1.807) is 0 Å². The predicted molar refractivity (Wildman–Crippen MR) is 139 cm³/mol. The monoisotopic (exact) mass is 432 g/mol. The van der Waals surface area contributed by atoms with E-state index in [0.717, 1.165) is 34.1 Å². The fourth-order valence-electron chi connectivity index (χ4n) is 3.13. The van der Waals surface area contributed by atoms with E-state index in [-0.39, 0.29) is 6.17 Å². The highest BCUT2D eigenvalue weighted by Crippen LogP contribution is 2.18. The van der Waals surface area contributed by atoms with Gasteiger partial charge in [-0.25, -0.2) is 0 Å². The molecule has 0 aliphatic rings. The van der Waals surface area contributed by atoms with Gasteiger partial charge in [0, 0.05) is 18.0 Å². The standard InChI is InChI=1S/C21H18N2.C9H10O/c1-4-10-18(11-5-1)16-22-21(20-14-8-3-9-15-20)23-17-19-12-6-2-7-13-19;1-7-4-3-5-9(6-10)8(7)2/h1-17,21H;3-6H,1-2H3. The minimum Gasteiger partial charge on any atom is -0.298 e. The highest BCUT2D eigenvalue weighted by molar-refractivity contribution is 5.81. The molecule has 33 heavy (non-hydrogen) atoms. The van der Waals surface area contributed by atoms with Gasteiger partial charge in [0.05, 0.1) is 0 Å². The SMILES string of the molecule is C(=NC(N=Cc1ccccc1)c1ccccc1)c1ccccc1.Cc1cccc(C=O)c1C. The molecular weight excluding hydrogens is 404 g/mol. The molecule has 0 fully saturated rings. The van der Waals surface area contributed by atoms with Gasteiger partial charge in [-0.3, -0.25) is 14.8 Å². The molecule has 0 atom stereocenters. The normalized spacial score (nSPS) is 11.7. The van der Waals surface area contributed by atoms with Crippen molar-refractivity contribution >= 4 is 18.7 Å². The molecule has 3 nitrogen and oxygen atoms in total. The summed E-state index contributed by atoms with van der Waals surface area (Å²) in [6.45, 7) is 3.96.